The van der Waals surface area contributed by atoms with E-state index in [-0.39, 0.29) is 5.92 Å². The Morgan fingerprint density at radius 1 is 1.15 bits per heavy atom. The first kappa shape index (κ1) is 18.5. The SMILES string of the molecule is COC1=C(C2C(N=O)=C(C)C=C3CCCCC32)C2=C(CCCC2)C[C@@H]1I. The molecule has 0 spiro atoms. The van der Waals surface area contributed by atoms with Gasteiger partial charge in [-0.05, 0) is 80.5 Å². The van der Waals surface area contributed by atoms with Crippen molar-refractivity contribution in [1.29, 1.82) is 0 Å². The highest BCUT2D eigenvalue weighted by Crippen LogP contribution is 2.53. The molecule has 4 rings (SSSR count). The molecule has 26 heavy (non-hydrogen) atoms. The van der Waals surface area contributed by atoms with Gasteiger partial charge >= 0.3 is 0 Å². The van der Waals surface area contributed by atoms with E-state index in [0.717, 1.165) is 36.3 Å². The van der Waals surface area contributed by atoms with Gasteiger partial charge in [0.1, 0.15) is 5.76 Å². The zero-order valence-electron chi connectivity index (χ0n) is 15.8. The minimum absolute atomic E-state index is 0.100. The van der Waals surface area contributed by atoms with Gasteiger partial charge in [-0.3, -0.25) is 0 Å². The molecule has 140 valence electrons. The number of hydrogen-bond donors (Lipinski definition) is 0. The lowest BCUT2D eigenvalue weighted by molar-refractivity contribution is 0.262. The number of nitrogens with zero attached hydrogens (tertiary/aromatic N) is 1. The van der Waals surface area contributed by atoms with E-state index in [1.54, 1.807) is 12.7 Å². The quantitative estimate of drug-likeness (QED) is 0.263. The van der Waals surface area contributed by atoms with E-state index in [1.807, 2.05) is 0 Å². The number of rotatable bonds is 3. The van der Waals surface area contributed by atoms with Crippen LogP contribution < -0.4 is 0 Å². The molecule has 0 aliphatic heterocycles. The molecule has 3 atom stereocenters. The molecule has 0 bridgehead atoms. The molecule has 0 aromatic heterocycles. The standard InChI is InChI=1S/C22H28INO2/c1-13-11-14-7-3-5-9-16(14)19(21(13)24-25)20-17-10-6-4-8-15(17)12-18(23)22(20)26-2/h11,16,18-19H,3-10,12H2,1-2H3/t16?,18-,19?/m0/s1. The largest absolute Gasteiger partial charge is 0.500 e. The van der Waals surface area contributed by atoms with Crippen LogP contribution in [-0.2, 0) is 4.74 Å². The molecule has 1 fully saturated rings. The van der Waals surface area contributed by atoms with E-state index < -0.39 is 0 Å². The molecule has 1 saturated carbocycles. The van der Waals surface area contributed by atoms with Crippen molar-refractivity contribution in [3.05, 3.63) is 50.3 Å². The van der Waals surface area contributed by atoms with Crippen LogP contribution in [0.5, 0.6) is 0 Å². The van der Waals surface area contributed by atoms with Crippen LogP contribution in [0.25, 0.3) is 0 Å². The van der Waals surface area contributed by atoms with E-state index in [9.17, 15) is 4.91 Å². The summed E-state index contributed by atoms with van der Waals surface area (Å²) in [6.07, 6.45) is 13.1. The third-order valence-electron chi connectivity index (χ3n) is 6.72. The fourth-order valence-corrected chi connectivity index (χ4v) is 6.72. The minimum atomic E-state index is 0.100. The smallest absolute Gasteiger partial charge is 0.113 e. The molecule has 4 aliphatic rings. The summed E-state index contributed by atoms with van der Waals surface area (Å²) >= 11 is 2.53. The van der Waals surface area contributed by atoms with Crippen molar-refractivity contribution >= 4 is 22.6 Å². The topological polar surface area (TPSA) is 38.7 Å². The van der Waals surface area contributed by atoms with Gasteiger partial charge in [0.15, 0.2) is 0 Å². The Labute approximate surface area is 170 Å². The first-order valence-electron chi connectivity index (χ1n) is 10.0. The highest BCUT2D eigenvalue weighted by molar-refractivity contribution is 14.1. The number of alkyl halides is 1. The number of halogens is 1. The van der Waals surface area contributed by atoms with Crippen molar-refractivity contribution in [2.45, 2.75) is 68.6 Å². The Hall–Kier alpha value is -0.910. The lowest BCUT2D eigenvalue weighted by Gasteiger charge is -2.41. The second-order valence-electron chi connectivity index (χ2n) is 8.15. The average molecular weight is 465 g/mol. The van der Waals surface area contributed by atoms with Crippen molar-refractivity contribution in [3.63, 3.8) is 0 Å². The van der Waals surface area contributed by atoms with Crippen LogP contribution in [0.1, 0.15) is 64.7 Å². The Balaban J connectivity index is 1.90. The molecule has 0 heterocycles. The minimum Gasteiger partial charge on any atom is -0.500 e. The molecular weight excluding hydrogens is 437 g/mol. The molecule has 2 unspecified atom stereocenters. The van der Waals surface area contributed by atoms with E-state index in [2.05, 4.69) is 40.8 Å². The van der Waals surface area contributed by atoms with Gasteiger partial charge in [0.05, 0.1) is 16.7 Å². The summed E-state index contributed by atoms with van der Waals surface area (Å²) in [5.74, 6) is 1.64. The number of hydrogen-bond acceptors (Lipinski definition) is 3. The summed E-state index contributed by atoms with van der Waals surface area (Å²) < 4.78 is 6.35. The zero-order valence-corrected chi connectivity index (χ0v) is 18.0. The summed E-state index contributed by atoms with van der Waals surface area (Å²) in [7, 11) is 1.81. The fraction of sp³-hybridized carbons (Fsp3) is 0.636. The first-order valence-corrected chi connectivity index (χ1v) is 11.3. The lowest BCUT2D eigenvalue weighted by Crippen LogP contribution is -2.32. The van der Waals surface area contributed by atoms with E-state index in [4.69, 9.17) is 4.74 Å². The van der Waals surface area contributed by atoms with Crippen LogP contribution >= 0.6 is 22.6 Å². The van der Waals surface area contributed by atoms with Gasteiger partial charge in [0.2, 0.25) is 0 Å². The summed E-state index contributed by atoms with van der Waals surface area (Å²) in [6, 6.07) is 0. The maximum absolute atomic E-state index is 11.9. The van der Waals surface area contributed by atoms with Gasteiger partial charge in [-0.1, -0.05) is 46.2 Å². The van der Waals surface area contributed by atoms with Crippen LogP contribution in [0.4, 0.5) is 0 Å². The zero-order chi connectivity index (χ0) is 18.3. The summed E-state index contributed by atoms with van der Waals surface area (Å²) in [5.41, 5.74) is 7.80. The average Bonchev–Trinajstić information content (AvgIpc) is 2.66. The second kappa shape index (κ2) is 7.61. The molecule has 4 heteroatoms. The van der Waals surface area contributed by atoms with Crippen LogP contribution in [0.3, 0.4) is 0 Å². The van der Waals surface area contributed by atoms with Crippen molar-refractivity contribution in [3.8, 4) is 0 Å². The predicted molar refractivity (Wildman–Crippen MR) is 114 cm³/mol. The van der Waals surface area contributed by atoms with Crippen molar-refractivity contribution < 1.29 is 4.74 Å². The fourth-order valence-electron chi connectivity index (χ4n) is 5.60. The van der Waals surface area contributed by atoms with Crippen LogP contribution in [0.2, 0.25) is 0 Å². The van der Waals surface area contributed by atoms with Gasteiger partial charge in [-0.25, -0.2) is 0 Å². The van der Waals surface area contributed by atoms with Gasteiger partial charge in [-0.2, -0.15) is 0 Å². The Morgan fingerprint density at radius 3 is 2.69 bits per heavy atom. The number of methoxy groups -OCH3 is 1. The summed E-state index contributed by atoms with van der Waals surface area (Å²) in [4.78, 5) is 11.9. The molecule has 0 aromatic rings. The van der Waals surface area contributed by atoms with E-state index in [0.29, 0.717) is 9.84 Å². The van der Waals surface area contributed by atoms with Crippen LogP contribution in [-0.4, -0.2) is 11.0 Å². The van der Waals surface area contributed by atoms with Crippen molar-refractivity contribution in [2.24, 2.45) is 17.0 Å². The van der Waals surface area contributed by atoms with E-state index in [1.165, 1.54) is 55.2 Å². The third-order valence-corrected chi connectivity index (χ3v) is 7.73. The number of allylic oxidation sites excluding steroid dienone is 7. The Bertz CT molecular complexity index is 743. The monoisotopic (exact) mass is 465 g/mol. The molecule has 0 aromatic carbocycles. The molecule has 3 nitrogen and oxygen atoms in total. The first-order chi connectivity index (χ1) is 12.7. The maximum Gasteiger partial charge on any atom is 0.113 e. The normalized spacial score (nSPS) is 32.1. The van der Waals surface area contributed by atoms with Gasteiger partial charge in [0.25, 0.3) is 0 Å². The highest BCUT2D eigenvalue weighted by atomic mass is 127. The molecule has 0 amide bonds. The molecule has 0 saturated heterocycles. The third kappa shape index (κ3) is 3.02. The van der Waals surface area contributed by atoms with Gasteiger partial charge in [0, 0.05) is 11.5 Å². The molecular formula is C22H28INO2. The summed E-state index contributed by atoms with van der Waals surface area (Å²) in [6.45, 7) is 2.06. The second-order valence-corrected chi connectivity index (χ2v) is 9.66. The van der Waals surface area contributed by atoms with E-state index >= 15 is 0 Å². The van der Waals surface area contributed by atoms with Gasteiger partial charge < -0.3 is 4.74 Å². The summed E-state index contributed by atoms with van der Waals surface area (Å²) in [5, 5.41) is 3.58. The maximum atomic E-state index is 11.9. The molecule has 0 N–H and O–H groups in total. The van der Waals surface area contributed by atoms with Crippen LogP contribution in [0, 0.1) is 16.7 Å². The van der Waals surface area contributed by atoms with Crippen LogP contribution in [0.15, 0.2) is 50.6 Å². The predicted octanol–water partition coefficient (Wildman–Crippen LogP) is 6.75. The molecule has 0 radical (unpaired) electrons. The van der Waals surface area contributed by atoms with Crippen molar-refractivity contribution in [1.82, 2.24) is 0 Å². The highest BCUT2D eigenvalue weighted by Gasteiger charge is 2.42. The lowest BCUT2D eigenvalue weighted by atomic mass is 9.64. The molecule has 4 aliphatic carbocycles. The Morgan fingerprint density at radius 2 is 1.92 bits per heavy atom. The van der Waals surface area contributed by atoms with Crippen molar-refractivity contribution in [2.75, 3.05) is 7.11 Å². The van der Waals surface area contributed by atoms with Gasteiger partial charge in [-0.15, -0.1) is 4.91 Å². The Kier molecular flexibility index (Phi) is 5.40. The number of nitroso groups, excluding NO2 is 1. The number of fused-ring (bicyclic) bond motifs is 1. The number of ether oxygens (including phenoxy) is 1.